The van der Waals surface area contributed by atoms with Gasteiger partial charge in [-0.25, -0.2) is 9.59 Å². The van der Waals surface area contributed by atoms with Crippen molar-refractivity contribution < 1.29 is 28.6 Å². The smallest absolute Gasteiger partial charge is 0.435 e. The molecule has 2 aliphatic rings. The molecule has 2 aliphatic heterocycles. The number of hydrogen-bond acceptors (Lipinski definition) is 7. The van der Waals surface area contributed by atoms with E-state index in [0.29, 0.717) is 12.8 Å². The molecule has 0 bridgehead atoms. The number of carbonyl (C=O) groups excluding carboxylic acids is 3. The van der Waals surface area contributed by atoms with E-state index < -0.39 is 29.2 Å². The highest BCUT2D eigenvalue weighted by Gasteiger charge is 2.69. The molecular formula is C19H23NO6S. The highest BCUT2D eigenvalue weighted by Crippen LogP contribution is 2.58. The summed E-state index contributed by atoms with van der Waals surface area (Å²) in [6.45, 7) is 5.15. The molecule has 0 aromatic heterocycles. The highest BCUT2D eigenvalue weighted by molar-refractivity contribution is 8.01. The fourth-order valence-corrected chi connectivity index (χ4v) is 5.44. The van der Waals surface area contributed by atoms with E-state index in [9.17, 15) is 14.4 Å². The minimum Gasteiger partial charge on any atom is -0.435 e. The van der Waals surface area contributed by atoms with Crippen LogP contribution in [-0.2, 0) is 30.2 Å². The standard InChI is InChI=1S/C19H23NO6S/c1-4-24-17(23)26-12-25-16(22)19(11-13-8-6-5-7-9-13)18(2,3)27-15-10-14(21)20(15)19/h5-9,15H,4,10-12H2,1-3H3/t15-,19+/m1/s1. The van der Waals surface area contributed by atoms with E-state index in [1.807, 2.05) is 44.2 Å². The van der Waals surface area contributed by atoms with E-state index in [-0.39, 0.29) is 17.9 Å². The fraction of sp³-hybridized carbons (Fsp3) is 0.526. The van der Waals surface area contributed by atoms with Crippen molar-refractivity contribution in [2.75, 3.05) is 13.4 Å². The number of rotatable bonds is 6. The molecule has 0 N–H and O–H groups in total. The van der Waals surface area contributed by atoms with E-state index >= 15 is 0 Å². The van der Waals surface area contributed by atoms with Crippen LogP contribution < -0.4 is 0 Å². The summed E-state index contributed by atoms with van der Waals surface area (Å²) in [7, 11) is 0. The van der Waals surface area contributed by atoms with Crippen LogP contribution in [0.1, 0.15) is 32.8 Å². The van der Waals surface area contributed by atoms with Crippen LogP contribution >= 0.6 is 11.8 Å². The average molecular weight is 393 g/mol. The largest absolute Gasteiger partial charge is 0.511 e. The Morgan fingerprint density at radius 2 is 1.89 bits per heavy atom. The van der Waals surface area contributed by atoms with Crippen molar-refractivity contribution in [1.82, 2.24) is 4.90 Å². The summed E-state index contributed by atoms with van der Waals surface area (Å²) < 4.78 is 14.1. The number of thioether (sulfide) groups is 1. The number of carbonyl (C=O) groups is 3. The molecular weight excluding hydrogens is 370 g/mol. The Kier molecular flexibility index (Phi) is 5.37. The summed E-state index contributed by atoms with van der Waals surface area (Å²) in [6, 6.07) is 9.52. The van der Waals surface area contributed by atoms with E-state index in [1.54, 1.807) is 23.6 Å². The Bertz CT molecular complexity index is 737. The predicted molar refractivity (Wildman–Crippen MR) is 98.9 cm³/mol. The third-order valence-corrected chi connectivity index (χ3v) is 6.59. The summed E-state index contributed by atoms with van der Waals surface area (Å²) >= 11 is 1.60. The molecule has 7 nitrogen and oxygen atoms in total. The van der Waals surface area contributed by atoms with Gasteiger partial charge in [0.25, 0.3) is 0 Å². The van der Waals surface area contributed by atoms with Crippen LogP contribution in [0.5, 0.6) is 0 Å². The summed E-state index contributed by atoms with van der Waals surface area (Å²) in [6.07, 6.45) is -0.161. The minimum atomic E-state index is -1.17. The van der Waals surface area contributed by atoms with E-state index in [4.69, 9.17) is 9.47 Å². The van der Waals surface area contributed by atoms with Crippen molar-refractivity contribution in [1.29, 1.82) is 0 Å². The van der Waals surface area contributed by atoms with E-state index in [0.717, 1.165) is 5.56 Å². The lowest BCUT2D eigenvalue weighted by atomic mass is 9.77. The van der Waals surface area contributed by atoms with E-state index in [2.05, 4.69) is 4.74 Å². The third kappa shape index (κ3) is 3.38. The zero-order valence-electron chi connectivity index (χ0n) is 15.6. The van der Waals surface area contributed by atoms with Crippen molar-refractivity contribution in [2.24, 2.45) is 0 Å². The lowest BCUT2D eigenvalue weighted by Gasteiger charge is -2.47. The second-order valence-electron chi connectivity index (χ2n) is 6.95. The molecule has 2 fully saturated rings. The lowest BCUT2D eigenvalue weighted by molar-refractivity contribution is -0.179. The number of benzene rings is 1. The van der Waals surface area contributed by atoms with Gasteiger partial charge in [-0.1, -0.05) is 30.3 Å². The van der Waals surface area contributed by atoms with Crippen LogP contribution in [0.4, 0.5) is 4.79 Å². The van der Waals surface area contributed by atoms with Gasteiger partial charge in [0.1, 0.15) is 0 Å². The van der Waals surface area contributed by atoms with Gasteiger partial charge in [0.2, 0.25) is 12.7 Å². The number of ether oxygens (including phenoxy) is 3. The monoisotopic (exact) mass is 393 g/mol. The number of hydrogen-bond donors (Lipinski definition) is 0. The predicted octanol–water partition coefficient (Wildman–Crippen LogP) is 2.73. The maximum Gasteiger partial charge on any atom is 0.511 e. The second kappa shape index (κ2) is 7.42. The van der Waals surface area contributed by atoms with Crippen LogP contribution in [0.2, 0.25) is 0 Å². The molecule has 1 aromatic carbocycles. The maximum absolute atomic E-state index is 13.2. The SMILES string of the molecule is CCOC(=O)OCOC(=O)[C@]1(Cc2ccccc2)N2C(=O)C[C@H]2SC1(C)C. The Morgan fingerprint density at radius 3 is 2.52 bits per heavy atom. The molecule has 0 unspecified atom stereocenters. The fourth-order valence-electron chi connectivity index (χ4n) is 3.68. The van der Waals surface area contributed by atoms with Crippen molar-refractivity contribution in [3.05, 3.63) is 35.9 Å². The minimum absolute atomic E-state index is 0.0465. The molecule has 0 spiro atoms. The Balaban J connectivity index is 1.85. The van der Waals surface area contributed by atoms with Crippen molar-refractivity contribution in [2.45, 2.75) is 49.3 Å². The van der Waals surface area contributed by atoms with E-state index in [1.165, 1.54) is 0 Å². The first-order valence-corrected chi connectivity index (χ1v) is 9.70. The van der Waals surface area contributed by atoms with Crippen LogP contribution in [0.25, 0.3) is 0 Å². The molecule has 27 heavy (non-hydrogen) atoms. The van der Waals surface area contributed by atoms with Crippen LogP contribution in [0.3, 0.4) is 0 Å². The molecule has 3 rings (SSSR count). The summed E-state index contributed by atoms with van der Waals surface area (Å²) in [4.78, 5) is 38.5. The zero-order chi connectivity index (χ0) is 19.7. The van der Waals surface area contributed by atoms with Crippen molar-refractivity contribution in [3.8, 4) is 0 Å². The van der Waals surface area contributed by atoms with Gasteiger partial charge in [-0.2, -0.15) is 0 Å². The Labute approximate surface area is 162 Å². The quantitative estimate of drug-likeness (QED) is 0.417. The summed E-state index contributed by atoms with van der Waals surface area (Å²) in [5, 5.41) is -0.0465. The average Bonchev–Trinajstić information content (AvgIpc) is 2.79. The number of fused-ring (bicyclic) bond motifs is 1. The van der Waals surface area contributed by atoms with Crippen LogP contribution in [-0.4, -0.2) is 52.0 Å². The van der Waals surface area contributed by atoms with Crippen LogP contribution in [0, 0.1) is 0 Å². The van der Waals surface area contributed by atoms with Crippen molar-refractivity contribution >= 4 is 29.8 Å². The summed E-state index contributed by atoms with van der Waals surface area (Å²) in [5.41, 5.74) is -0.244. The molecule has 1 amide bonds. The van der Waals surface area contributed by atoms with Gasteiger partial charge in [0.05, 0.1) is 18.4 Å². The Hall–Kier alpha value is -2.22. The first kappa shape index (κ1) is 19.5. The normalized spacial score (nSPS) is 25.4. The van der Waals surface area contributed by atoms with Gasteiger partial charge < -0.3 is 19.1 Å². The number of nitrogens with zero attached hydrogens (tertiary/aromatic N) is 1. The van der Waals surface area contributed by atoms with Gasteiger partial charge in [-0.15, -0.1) is 11.8 Å². The molecule has 2 saturated heterocycles. The molecule has 2 heterocycles. The van der Waals surface area contributed by atoms with Gasteiger partial charge in [0, 0.05) is 11.2 Å². The molecule has 2 atom stereocenters. The van der Waals surface area contributed by atoms with Gasteiger partial charge in [-0.05, 0) is 26.3 Å². The second-order valence-corrected chi connectivity index (χ2v) is 8.75. The van der Waals surface area contributed by atoms with Crippen LogP contribution in [0.15, 0.2) is 30.3 Å². The highest BCUT2D eigenvalue weighted by atomic mass is 32.2. The summed E-state index contributed by atoms with van der Waals surface area (Å²) in [5.74, 6) is -0.652. The molecule has 0 aliphatic carbocycles. The van der Waals surface area contributed by atoms with Gasteiger partial charge in [0.15, 0.2) is 5.54 Å². The lowest BCUT2D eigenvalue weighted by Crippen LogP contribution is -2.68. The van der Waals surface area contributed by atoms with Gasteiger partial charge in [-0.3, -0.25) is 4.79 Å². The number of esters is 1. The number of β-lactam (4-membered cyclic amide) rings is 1. The molecule has 146 valence electrons. The molecule has 0 radical (unpaired) electrons. The first-order chi connectivity index (χ1) is 12.8. The number of amides is 1. The zero-order valence-corrected chi connectivity index (χ0v) is 16.4. The molecule has 8 heteroatoms. The van der Waals surface area contributed by atoms with Crippen molar-refractivity contribution in [3.63, 3.8) is 0 Å². The van der Waals surface area contributed by atoms with Gasteiger partial charge >= 0.3 is 12.1 Å². The topological polar surface area (TPSA) is 82.1 Å². The molecule has 1 aromatic rings. The first-order valence-electron chi connectivity index (χ1n) is 8.82. The Morgan fingerprint density at radius 1 is 1.19 bits per heavy atom. The maximum atomic E-state index is 13.2. The molecule has 0 saturated carbocycles. The third-order valence-electron chi connectivity index (χ3n) is 5.01.